The standard InChI is InChI=1S/2Cr.2Nd.3O/q;;2*+3;3*-2. The van der Waals surface area contributed by atoms with Gasteiger partial charge in [0.15, 0.2) is 0 Å². The van der Waals surface area contributed by atoms with E-state index in [1.165, 1.54) is 0 Å². The zero-order valence-corrected chi connectivity index (χ0v) is 12.0. The van der Waals surface area contributed by atoms with Crippen LogP contribution in [0.5, 0.6) is 0 Å². The van der Waals surface area contributed by atoms with Crippen LogP contribution in [-0.2, 0) is 51.2 Å². The van der Waals surface area contributed by atoms with Crippen LogP contribution in [0.4, 0.5) is 0 Å². The van der Waals surface area contributed by atoms with Crippen molar-refractivity contribution >= 4 is 0 Å². The minimum Gasteiger partial charge on any atom is -2.00 e. The Hall–Kier alpha value is 3.65. The summed E-state index contributed by atoms with van der Waals surface area (Å²) in [6, 6.07) is 0. The molecule has 0 rings (SSSR count). The van der Waals surface area contributed by atoms with Crippen LogP contribution in [0.1, 0.15) is 0 Å². The molecule has 7 heavy (non-hydrogen) atoms. The fraction of sp³-hybridized carbons (Fsp3) is 0. The largest absolute Gasteiger partial charge is 3.00 e. The fourth-order valence-electron chi connectivity index (χ4n) is 0. The predicted octanol–water partition coefficient (Wildman–Crippen LogP) is -0.361. The molecule has 0 N–H and O–H groups in total. The molecule has 0 aromatic heterocycles. The Morgan fingerprint density at radius 1 is 0.429 bits per heavy atom. The molecule has 0 spiro atoms. The summed E-state index contributed by atoms with van der Waals surface area (Å²) in [5, 5.41) is 0. The van der Waals surface area contributed by atoms with Crippen molar-refractivity contribution in [1.82, 2.24) is 0 Å². The maximum absolute atomic E-state index is 0. The number of hydrogen-bond acceptors (Lipinski definition) is 0. The maximum atomic E-state index is 0. The summed E-state index contributed by atoms with van der Waals surface area (Å²) in [6.45, 7) is 0. The Morgan fingerprint density at radius 2 is 0.429 bits per heavy atom. The van der Waals surface area contributed by atoms with Gasteiger partial charge in [-0.3, -0.25) is 0 Å². The van der Waals surface area contributed by atoms with Crippen LogP contribution in [-0.4, -0.2) is 0 Å². The zero-order valence-electron chi connectivity index (χ0n) is 3.04. The molecule has 0 heterocycles. The van der Waals surface area contributed by atoms with Gasteiger partial charge in [0, 0.05) is 34.7 Å². The van der Waals surface area contributed by atoms with Gasteiger partial charge in [-0.15, -0.1) is 0 Å². The Bertz CT molecular complexity index is 10.9. The molecular weight excluding hydrogens is 440 g/mol. The molecule has 0 aliphatic rings. The van der Waals surface area contributed by atoms with Gasteiger partial charge in [0.1, 0.15) is 0 Å². The fourth-order valence-corrected chi connectivity index (χ4v) is 0. The third kappa shape index (κ3) is 42.4. The van der Waals surface area contributed by atoms with Crippen LogP contribution < -0.4 is 0 Å². The van der Waals surface area contributed by atoms with Crippen molar-refractivity contribution in [2.75, 3.05) is 0 Å². The second kappa shape index (κ2) is 54.2. The molecule has 0 saturated carbocycles. The summed E-state index contributed by atoms with van der Waals surface area (Å²) in [5.74, 6) is 0. The Kier molecular flexibility index (Phi) is 577. The minimum atomic E-state index is 0. The first kappa shape index (κ1) is 74.5. The molecule has 0 fully saturated rings. The van der Waals surface area contributed by atoms with Crippen molar-refractivity contribution in [2.24, 2.45) is 0 Å². The van der Waals surface area contributed by atoms with E-state index in [9.17, 15) is 0 Å². The van der Waals surface area contributed by atoms with E-state index in [4.69, 9.17) is 0 Å². The van der Waals surface area contributed by atoms with E-state index in [1.54, 1.807) is 0 Å². The Labute approximate surface area is 130 Å². The Morgan fingerprint density at radius 3 is 0.429 bits per heavy atom. The first-order valence-electron chi connectivity index (χ1n) is 0. The van der Waals surface area contributed by atoms with Gasteiger partial charge >= 0.3 is 81.7 Å². The summed E-state index contributed by atoms with van der Waals surface area (Å²) in [6.07, 6.45) is 0. The minimum absolute atomic E-state index is 0. The first-order valence-corrected chi connectivity index (χ1v) is 0. The van der Waals surface area contributed by atoms with Crippen LogP contribution in [0, 0.1) is 81.7 Å². The molecular formula is Cr2Nd2O3. The van der Waals surface area contributed by atoms with Crippen LogP contribution in [0.15, 0.2) is 0 Å². The molecule has 0 aromatic carbocycles. The quantitative estimate of drug-likeness (QED) is 0.493. The SMILES string of the molecule is [Cr].[Cr].[Nd+3].[Nd+3].[O-2].[O-2].[O-2]. The van der Waals surface area contributed by atoms with E-state index in [0.29, 0.717) is 0 Å². The molecule has 7 heteroatoms. The molecule has 0 bridgehead atoms. The van der Waals surface area contributed by atoms with Crippen molar-refractivity contribution < 1.29 is 133 Å². The van der Waals surface area contributed by atoms with Gasteiger partial charge in [-0.1, -0.05) is 0 Å². The molecule has 0 unspecified atom stereocenters. The molecule has 0 aliphatic heterocycles. The summed E-state index contributed by atoms with van der Waals surface area (Å²) < 4.78 is 0. The van der Waals surface area contributed by atoms with Crippen LogP contribution >= 0.6 is 0 Å². The van der Waals surface area contributed by atoms with Gasteiger partial charge < -0.3 is 16.4 Å². The third-order valence-corrected chi connectivity index (χ3v) is 0. The Balaban J connectivity index is 0. The molecule has 0 aliphatic carbocycles. The van der Waals surface area contributed by atoms with E-state index in [0.717, 1.165) is 0 Å². The van der Waals surface area contributed by atoms with Crippen LogP contribution in [0.25, 0.3) is 0 Å². The van der Waals surface area contributed by atoms with E-state index >= 15 is 0 Å². The van der Waals surface area contributed by atoms with Crippen molar-refractivity contribution in [1.29, 1.82) is 0 Å². The molecule has 0 saturated heterocycles. The van der Waals surface area contributed by atoms with Gasteiger partial charge in [0.2, 0.25) is 0 Å². The topological polar surface area (TPSA) is 85.5 Å². The number of rotatable bonds is 0. The summed E-state index contributed by atoms with van der Waals surface area (Å²) in [7, 11) is 0. The second-order valence-corrected chi connectivity index (χ2v) is 0. The third-order valence-electron chi connectivity index (χ3n) is 0. The van der Waals surface area contributed by atoms with Gasteiger partial charge in [0.25, 0.3) is 0 Å². The molecule has 0 atom stereocenters. The second-order valence-electron chi connectivity index (χ2n) is 0. The van der Waals surface area contributed by atoms with E-state index in [2.05, 4.69) is 0 Å². The molecule has 3 nitrogen and oxygen atoms in total. The first-order chi connectivity index (χ1) is 0. The van der Waals surface area contributed by atoms with Crippen molar-refractivity contribution in [2.45, 2.75) is 0 Å². The van der Waals surface area contributed by atoms with Crippen molar-refractivity contribution in [3.63, 3.8) is 0 Å². The number of hydrogen-bond donors (Lipinski definition) is 0. The van der Waals surface area contributed by atoms with Gasteiger partial charge in [-0.05, 0) is 0 Å². The summed E-state index contributed by atoms with van der Waals surface area (Å²) in [5.41, 5.74) is 0. The van der Waals surface area contributed by atoms with E-state index in [1.807, 2.05) is 0 Å². The molecule has 38 valence electrons. The normalized spacial score (nSPS) is 0. The summed E-state index contributed by atoms with van der Waals surface area (Å²) in [4.78, 5) is 0. The van der Waals surface area contributed by atoms with Crippen molar-refractivity contribution in [3.05, 3.63) is 0 Å². The summed E-state index contributed by atoms with van der Waals surface area (Å²) >= 11 is 0. The van der Waals surface area contributed by atoms with Gasteiger partial charge in [-0.25, -0.2) is 0 Å². The smallest absolute Gasteiger partial charge is 2.00 e. The van der Waals surface area contributed by atoms with Gasteiger partial charge in [-0.2, -0.15) is 0 Å². The molecule has 2 radical (unpaired) electrons. The van der Waals surface area contributed by atoms with Crippen LogP contribution in [0.3, 0.4) is 0 Å². The molecule has 0 aromatic rings. The van der Waals surface area contributed by atoms with E-state index in [-0.39, 0.29) is 133 Å². The maximum Gasteiger partial charge on any atom is 3.00 e. The monoisotopic (exact) mass is 436 g/mol. The van der Waals surface area contributed by atoms with Gasteiger partial charge in [0.05, 0.1) is 0 Å². The average molecular weight is 440 g/mol. The van der Waals surface area contributed by atoms with Crippen LogP contribution in [0.2, 0.25) is 0 Å². The molecule has 0 amide bonds. The predicted molar refractivity (Wildman–Crippen MR) is 2.06 cm³/mol. The van der Waals surface area contributed by atoms with E-state index < -0.39 is 0 Å². The average Bonchev–Trinajstić information content (AvgIpc) is 0. The van der Waals surface area contributed by atoms with Crippen molar-refractivity contribution in [3.8, 4) is 0 Å². The zero-order chi connectivity index (χ0) is 0.